The zero-order valence-electron chi connectivity index (χ0n) is 9.21. The van der Waals surface area contributed by atoms with E-state index in [0.717, 1.165) is 19.3 Å². The minimum absolute atomic E-state index is 0.0428. The number of carbonyl (C=O) groups excluding carboxylic acids is 1. The average Bonchev–Trinajstić information content (AvgIpc) is 2.17. The van der Waals surface area contributed by atoms with Crippen molar-refractivity contribution in [1.29, 1.82) is 0 Å². The summed E-state index contributed by atoms with van der Waals surface area (Å²) in [5.41, 5.74) is 5.23. The molecule has 3 N–H and O–H groups in total. The first-order valence-corrected chi connectivity index (χ1v) is 5.31. The largest absolute Gasteiger partial charge is 0.370 e. The van der Waals surface area contributed by atoms with Crippen LogP contribution in [0.2, 0.25) is 0 Å². The molecule has 84 valence electrons. The highest BCUT2D eigenvalue weighted by molar-refractivity contribution is 5.77. The van der Waals surface area contributed by atoms with Gasteiger partial charge in [0.25, 0.3) is 0 Å². The fourth-order valence-corrected chi connectivity index (χ4v) is 1.24. The number of ether oxygens (including phenoxy) is 1. The molecule has 0 bridgehead atoms. The minimum atomic E-state index is -0.0428. The van der Waals surface area contributed by atoms with E-state index in [1.54, 1.807) is 0 Å². The van der Waals surface area contributed by atoms with Crippen LogP contribution in [0.25, 0.3) is 0 Å². The maximum atomic E-state index is 11.3. The second-order valence-electron chi connectivity index (χ2n) is 3.30. The van der Waals surface area contributed by atoms with Gasteiger partial charge in [-0.15, -0.1) is 0 Å². The highest BCUT2D eigenvalue weighted by Gasteiger charge is 2.08. The Morgan fingerprint density at radius 1 is 1.50 bits per heavy atom. The molecule has 0 aromatic heterocycles. The summed E-state index contributed by atoms with van der Waals surface area (Å²) in [5, 5.41) is 2.92. The maximum absolute atomic E-state index is 11.3. The number of hydrogen-bond acceptors (Lipinski definition) is 3. The Morgan fingerprint density at radius 2 is 2.21 bits per heavy atom. The van der Waals surface area contributed by atoms with Gasteiger partial charge in [-0.05, 0) is 12.8 Å². The van der Waals surface area contributed by atoms with Crippen molar-refractivity contribution in [1.82, 2.24) is 5.32 Å². The van der Waals surface area contributed by atoms with Gasteiger partial charge in [0.1, 0.15) is 6.61 Å². The number of hydrogen-bond donors (Lipinski definition) is 2. The van der Waals surface area contributed by atoms with Gasteiger partial charge in [0.05, 0.1) is 6.61 Å². The molecule has 1 unspecified atom stereocenters. The fraction of sp³-hybridized carbons (Fsp3) is 0.900. The maximum Gasteiger partial charge on any atom is 0.246 e. The van der Waals surface area contributed by atoms with Gasteiger partial charge in [0.2, 0.25) is 5.91 Å². The summed E-state index contributed by atoms with van der Waals surface area (Å²) in [7, 11) is 0. The van der Waals surface area contributed by atoms with Gasteiger partial charge in [0.15, 0.2) is 0 Å². The summed E-state index contributed by atoms with van der Waals surface area (Å²) in [6, 6.07) is 0.286. The lowest BCUT2D eigenvalue weighted by molar-refractivity contribution is -0.126. The van der Waals surface area contributed by atoms with E-state index in [1.807, 2.05) is 0 Å². The van der Waals surface area contributed by atoms with Gasteiger partial charge in [-0.25, -0.2) is 0 Å². The Bertz CT molecular complexity index is 151. The molecule has 0 saturated heterocycles. The molecule has 0 aliphatic rings. The van der Waals surface area contributed by atoms with Gasteiger partial charge in [-0.2, -0.15) is 0 Å². The smallest absolute Gasteiger partial charge is 0.246 e. The van der Waals surface area contributed by atoms with E-state index in [1.165, 1.54) is 0 Å². The van der Waals surface area contributed by atoms with Gasteiger partial charge in [-0.1, -0.05) is 20.3 Å². The van der Waals surface area contributed by atoms with Crippen LogP contribution in [-0.4, -0.2) is 31.7 Å². The third kappa shape index (κ3) is 6.86. The Labute approximate surface area is 86.2 Å². The molecular weight excluding hydrogens is 180 g/mol. The molecule has 0 aliphatic heterocycles. The normalized spacial score (nSPS) is 12.5. The number of carbonyl (C=O) groups is 1. The second kappa shape index (κ2) is 8.97. The van der Waals surface area contributed by atoms with E-state index in [0.29, 0.717) is 13.2 Å². The first-order chi connectivity index (χ1) is 6.74. The summed E-state index contributed by atoms with van der Waals surface area (Å²) < 4.78 is 5.03. The lowest BCUT2D eigenvalue weighted by Gasteiger charge is -2.15. The molecule has 0 fully saturated rings. The van der Waals surface area contributed by atoms with Crippen LogP contribution in [0.5, 0.6) is 0 Å². The topological polar surface area (TPSA) is 64.3 Å². The molecule has 0 heterocycles. The van der Waals surface area contributed by atoms with E-state index in [2.05, 4.69) is 19.2 Å². The van der Waals surface area contributed by atoms with Crippen LogP contribution < -0.4 is 11.1 Å². The molecule has 0 aromatic rings. The SMILES string of the molecule is CCCC(CC)NC(=O)COCCN. The Balaban J connectivity index is 3.56. The lowest BCUT2D eigenvalue weighted by Crippen LogP contribution is -2.37. The summed E-state index contributed by atoms with van der Waals surface area (Å²) in [4.78, 5) is 11.3. The molecule has 0 aromatic carbocycles. The average molecular weight is 202 g/mol. The number of amides is 1. The Kier molecular flexibility index (Phi) is 8.57. The van der Waals surface area contributed by atoms with Crippen molar-refractivity contribution in [2.45, 2.75) is 39.2 Å². The molecule has 1 amide bonds. The molecule has 0 spiro atoms. The number of nitrogens with one attached hydrogen (secondary N) is 1. The van der Waals surface area contributed by atoms with Crippen molar-refractivity contribution >= 4 is 5.91 Å². The van der Waals surface area contributed by atoms with Crippen LogP contribution in [0.15, 0.2) is 0 Å². The molecule has 4 nitrogen and oxygen atoms in total. The predicted octanol–water partition coefficient (Wildman–Crippen LogP) is 0.657. The molecule has 0 rings (SSSR count). The standard InChI is InChI=1S/C10H22N2O2/c1-3-5-9(4-2)12-10(13)8-14-7-6-11/h9H,3-8,11H2,1-2H3,(H,12,13). The third-order valence-corrected chi connectivity index (χ3v) is 1.99. The summed E-state index contributed by atoms with van der Waals surface area (Å²) in [5.74, 6) is -0.0428. The van der Waals surface area contributed by atoms with Crippen molar-refractivity contribution in [2.24, 2.45) is 5.73 Å². The third-order valence-electron chi connectivity index (χ3n) is 1.99. The van der Waals surface area contributed by atoms with E-state index in [-0.39, 0.29) is 18.6 Å². The first kappa shape index (κ1) is 13.4. The summed E-state index contributed by atoms with van der Waals surface area (Å²) >= 11 is 0. The molecular formula is C10H22N2O2. The predicted molar refractivity (Wildman–Crippen MR) is 57.0 cm³/mol. The zero-order chi connectivity index (χ0) is 10.8. The van der Waals surface area contributed by atoms with Crippen LogP contribution in [0.4, 0.5) is 0 Å². The summed E-state index contributed by atoms with van der Waals surface area (Å²) in [6.07, 6.45) is 3.08. The number of rotatable bonds is 8. The van der Waals surface area contributed by atoms with Gasteiger partial charge >= 0.3 is 0 Å². The molecule has 4 heteroatoms. The van der Waals surface area contributed by atoms with Crippen molar-refractivity contribution in [2.75, 3.05) is 19.8 Å². The van der Waals surface area contributed by atoms with Gasteiger partial charge < -0.3 is 15.8 Å². The van der Waals surface area contributed by atoms with Crippen molar-refractivity contribution in [3.8, 4) is 0 Å². The van der Waals surface area contributed by atoms with Crippen LogP contribution in [0.1, 0.15) is 33.1 Å². The monoisotopic (exact) mass is 202 g/mol. The van der Waals surface area contributed by atoms with Crippen LogP contribution in [0, 0.1) is 0 Å². The number of nitrogens with two attached hydrogens (primary N) is 1. The van der Waals surface area contributed by atoms with E-state index >= 15 is 0 Å². The molecule has 0 saturated carbocycles. The Morgan fingerprint density at radius 3 is 2.71 bits per heavy atom. The lowest BCUT2D eigenvalue weighted by atomic mass is 10.1. The van der Waals surface area contributed by atoms with Gasteiger partial charge in [0, 0.05) is 12.6 Å². The molecule has 0 aliphatic carbocycles. The van der Waals surface area contributed by atoms with Gasteiger partial charge in [-0.3, -0.25) is 4.79 Å². The van der Waals surface area contributed by atoms with E-state index in [9.17, 15) is 4.79 Å². The van der Waals surface area contributed by atoms with Crippen LogP contribution in [0.3, 0.4) is 0 Å². The van der Waals surface area contributed by atoms with Crippen molar-refractivity contribution in [3.05, 3.63) is 0 Å². The van der Waals surface area contributed by atoms with Crippen molar-refractivity contribution < 1.29 is 9.53 Å². The van der Waals surface area contributed by atoms with Crippen LogP contribution >= 0.6 is 0 Å². The quantitative estimate of drug-likeness (QED) is 0.568. The van der Waals surface area contributed by atoms with Crippen LogP contribution in [-0.2, 0) is 9.53 Å². The molecule has 14 heavy (non-hydrogen) atoms. The zero-order valence-corrected chi connectivity index (χ0v) is 9.21. The minimum Gasteiger partial charge on any atom is -0.370 e. The second-order valence-corrected chi connectivity index (χ2v) is 3.30. The Hall–Kier alpha value is -0.610. The van der Waals surface area contributed by atoms with Crippen molar-refractivity contribution in [3.63, 3.8) is 0 Å². The van der Waals surface area contributed by atoms with E-state index < -0.39 is 0 Å². The highest BCUT2D eigenvalue weighted by atomic mass is 16.5. The fourth-order valence-electron chi connectivity index (χ4n) is 1.24. The first-order valence-electron chi connectivity index (χ1n) is 5.31. The molecule has 0 radical (unpaired) electrons. The summed E-state index contributed by atoms with van der Waals surface area (Å²) in [6.45, 7) is 5.20. The highest BCUT2D eigenvalue weighted by Crippen LogP contribution is 2.00. The van der Waals surface area contributed by atoms with E-state index in [4.69, 9.17) is 10.5 Å². The molecule has 1 atom stereocenters.